The first-order chi connectivity index (χ1) is 15.9. The normalized spacial score (nSPS) is 11.7. The summed E-state index contributed by atoms with van der Waals surface area (Å²) in [4.78, 5) is 23.5. The predicted octanol–water partition coefficient (Wildman–Crippen LogP) is 4.09. The number of benzene rings is 2. The number of carbonyl (C=O) groups excluding carboxylic acids is 1. The molecular formula is C23H23FN4O3S2. The minimum atomic E-state index is -3.30. The lowest BCUT2D eigenvalue weighted by atomic mass is 10.1. The van der Waals surface area contributed by atoms with Crippen molar-refractivity contribution >= 4 is 42.4 Å². The molecule has 0 unspecified atom stereocenters. The number of hydrogen-bond donors (Lipinski definition) is 0. The number of thiazole rings is 1. The first kappa shape index (κ1) is 23.1. The van der Waals surface area contributed by atoms with Crippen molar-refractivity contribution in [2.75, 3.05) is 17.2 Å². The monoisotopic (exact) mass is 486 g/mol. The van der Waals surface area contributed by atoms with Crippen LogP contribution in [0.25, 0.3) is 10.2 Å². The van der Waals surface area contributed by atoms with Crippen LogP contribution < -0.4 is 4.90 Å². The fraction of sp³-hybridized carbons (Fsp3) is 0.261. The summed E-state index contributed by atoms with van der Waals surface area (Å²) in [5.74, 6) is -0.593. The molecule has 10 heteroatoms. The maximum absolute atomic E-state index is 14.2. The molecular weight excluding hydrogens is 463 g/mol. The molecule has 1 amide bonds. The molecule has 0 bridgehead atoms. The zero-order valence-electron chi connectivity index (χ0n) is 18.0. The van der Waals surface area contributed by atoms with Crippen LogP contribution in [-0.2, 0) is 27.6 Å². The van der Waals surface area contributed by atoms with Crippen LogP contribution in [-0.4, -0.2) is 41.2 Å². The highest BCUT2D eigenvalue weighted by Crippen LogP contribution is 2.31. The minimum Gasteiger partial charge on any atom is -0.337 e. The number of hydrogen-bond acceptors (Lipinski definition) is 6. The quantitative estimate of drug-likeness (QED) is 0.356. The Hall–Kier alpha value is -3.11. The van der Waals surface area contributed by atoms with Gasteiger partial charge in [-0.25, -0.2) is 22.8 Å². The van der Waals surface area contributed by atoms with Gasteiger partial charge in [0.2, 0.25) is 5.91 Å². The standard InChI is InChI=1S/C23H23FN4O3S2/c1-2-33(30,31)18-9-7-17(8-10-18)15-21(29)28(13-4-12-27-14-11-25-16-27)23-26-22-19(24)5-3-6-20(22)32-23/h3,5-11,14,16H,2,4,12-13,15H2,1H3. The molecule has 2 heterocycles. The number of imidazole rings is 1. The number of rotatable bonds is 9. The highest BCUT2D eigenvalue weighted by atomic mass is 32.2. The maximum Gasteiger partial charge on any atom is 0.233 e. The van der Waals surface area contributed by atoms with Crippen LogP contribution in [0.1, 0.15) is 18.9 Å². The van der Waals surface area contributed by atoms with Gasteiger partial charge in [0, 0.05) is 25.5 Å². The number of sulfone groups is 1. The Kier molecular flexibility index (Phi) is 6.85. The number of anilines is 1. The van der Waals surface area contributed by atoms with Crippen molar-refractivity contribution in [3.63, 3.8) is 0 Å². The summed E-state index contributed by atoms with van der Waals surface area (Å²) in [6.07, 6.45) is 6.00. The van der Waals surface area contributed by atoms with Crippen molar-refractivity contribution in [1.82, 2.24) is 14.5 Å². The molecule has 0 saturated carbocycles. The zero-order valence-corrected chi connectivity index (χ0v) is 19.7. The van der Waals surface area contributed by atoms with E-state index in [1.807, 2.05) is 10.8 Å². The highest BCUT2D eigenvalue weighted by Gasteiger charge is 2.21. The Bertz CT molecular complexity index is 1350. The molecule has 0 aliphatic rings. The summed E-state index contributed by atoms with van der Waals surface area (Å²) in [6, 6.07) is 11.1. The number of nitrogens with zero attached hydrogens (tertiary/aromatic N) is 4. The van der Waals surface area contributed by atoms with E-state index in [1.54, 1.807) is 48.6 Å². The average Bonchev–Trinajstić information content (AvgIpc) is 3.47. The van der Waals surface area contributed by atoms with Gasteiger partial charge in [-0.3, -0.25) is 9.69 Å². The van der Waals surface area contributed by atoms with Gasteiger partial charge in [-0.05, 0) is 36.2 Å². The van der Waals surface area contributed by atoms with Crippen LogP contribution in [0, 0.1) is 5.82 Å². The van der Waals surface area contributed by atoms with Crippen molar-refractivity contribution in [2.45, 2.75) is 31.2 Å². The van der Waals surface area contributed by atoms with Crippen LogP contribution in [0.15, 0.2) is 66.1 Å². The Morgan fingerprint density at radius 1 is 1.18 bits per heavy atom. The predicted molar refractivity (Wildman–Crippen MR) is 127 cm³/mol. The molecule has 0 aliphatic heterocycles. The van der Waals surface area contributed by atoms with Crippen LogP contribution in [0.5, 0.6) is 0 Å². The highest BCUT2D eigenvalue weighted by molar-refractivity contribution is 7.91. The summed E-state index contributed by atoms with van der Waals surface area (Å²) in [5, 5.41) is 0.441. The molecule has 2 aromatic heterocycles. The molecule has 7 nitrogen and oxygen atoms in total. The Morgan fingerprint density at radius 2 is 1.97 bits per heavy atom. The first-order valence-electron chi connectivity index (χ1n) is 10.5. The van der Waals surface area contributed by atoms with Crippen LogP contribution >= 0.6 is 11.3 Å². The molecule has 0 atom stereocenters. The summed E-state index contributed by atoms with van der Waals surface area (Å²) in [7, 11) is -3.30. The molecule has 0 aliphatic carbocycles. The summed E-state index contributed by atoms with van der Waals surface area (Å²) >= 11 is 1.27. The topological polar surface area (TPSA) is 85.2 Å². The molecule has 0 spiro atoms. The average molecular weight is 487 g/mol. The van der Waals surface area contributed by atoms with E-state index in [2.05, 4.69) is 9.97 Å². The van der Waals surface area contributed by atoms with Gasteiger partial charge < -0.3 is 4.57 Å². The fourth-order valence-corrected chi connectivity index (χ4v) is 5.33. The molecule has 172 valence electrons. The Labute approximate surface area is 195 Å². The smallest absolute Gasteiger partial charge is 0.233 e. The SMILES string of the molecule is CCS(=O)(=O)c1ccc(CC(=O)N(CCCn2ccnc2)c2nc3c(F)cccc3s2)cc1. The van der Waals surface area contributed by atoms with Gasteiger partial charge in [0.25, 0.3) is 0 Å². The van der Waals surface area contributed by atoms with E-state index in [0.29, 0.717) is 34.9 Å². The third-order valence-corrected chi connectivity index (χ3v) is 8.06. The number of amides is 1. The van der Waals surface area contributed by atoms with Crippen LogP contribution in [0.3, 0.4) is 0 Å². The van der Waals surface area contributed by atoms with Gasteiger partial charge in [-0.2, -0.15) is 0 Å². The molecule has 0 fully saturated rings. The van der Waals surface area contributed by atoms with Crippen LogP contribution in [0.2, 0.25) is 0 Å². The fourth-order valence-electron chi connectivity index (χ4n) is 3.43. The second kappa shape index (κ2) is 9.80. The summed E-state index contributed by atoms with van der Waals surface area (Å²) < 4.78 is 40.9. The second-order valence-corrected chi connectivity index (χ2v) is 10.8. The van der Waals surface area contributed by atoms with E-state index in [4.69, 9.17) is 0 Å². The van der Waals surface area contributed by atoms with Crippen molar-refractivity contribution in [2.24, 2.45) is 0 Å². The van der Waals surface area contributed by atoms with Gasteiger partial charge in [0.1, 0.15) is 11.3 Å². The molecule has 0 saturated heterocycles. The zero-order chi connectivity index (χ0) is 23.4. The lowest BCUT2D eigenvalue weighted by Gasteiger charge is -2.20. The number of aryl methyl sites for hydroxylation is 1. The van der Waals surface area contributed by atoms with E-state index in [-0.39, 0.29) is 28.5 Å². The van der Waals surface area contributed by atoms with Gasteiger partial charge >= 0.3 is 0 Å². The molecule has 0 radical (unpaired) electrons. The molecule has 4 rings (SSSR count). The summed E-state index contributed by atoms with van der Waals surface area (Å²) in [5.41, 5.74) is 0.945. The first-order valence-corrected chi connectivity index (χ1v) is 13.0. The van der Waals surface area contributed by atoms with Crippen molar-refractivity contribution in [3.05, 3.63) is 72.6 Å². The number of carbonyl (C=O) groups is 1. The van der Waals surface area contributed by atoms with Gasteiger partial charge in [-0.15, -0.1) is 0 Å². The van der Waals surface area contributed by atoms with Gasteiger partial charge in [0.05, 0.1) is 28.1 Å². The number of aromatic nitrogens is 3. The van der Waals surface area contributed by atoms with Crippen LogP contribution in [0.4, 0.5) is 9.52 Å². The number of halogens is 1. The second-order valence-electron chi connectivity index (χ2n) is 7.51. The number of para-hydroxylation sites is 1. The minimum absolute atomic E-state index is 0.0180. The lowest BCUT2D eigenvalue weighted by Crippen LogP contribution is -2.33. The molecule has 2 aromatic carbocycles. The van der Waals surface area contributed by atoms with E-state index in [0.717, 1.165) is 0 Å². The maximum atomic E-state index is 14.2. The van der Waals surface area contributed by atoms with Gasteiger partial charge in [-0.1, -0.05) is 36.5 Å². The van der Waals surface area contributed by atoms with E-state index >= 15 is 0 Å². The Morgan fingerprint density at radius 3 is 2.64 bits per heavy atom. The third-order valence-electron chi connectivity index (χ3n) is 5.27. The third kappa shape index (κ3) is 5.28. The molecule has 4 aromatic rings. The molecule has 33 heavy (non-hydrogen) atoms. The lowest BCUT2D eigenvalue weighted by molar-refractivity contribution is -0.118. The number of fused-ring (bicyclic) bond motifs is 1. The van der Waals surface area contributed by atoms with Gasteiger partial charge in [0.15, 0.2) is 15.0 Å². The van der Waals surface area contributed by atoms with Crippen molar-refractivity contribution in [3.8, 4) is 0 Å². The molecule has 0 N–H and O–H groups in total. The van der Waals surface area contributed by atoms with Crippen molar-refractivity contribution in [1.29, 1.82) is 0 Å². The van der Waals surface area contributed by atoms with E-state index < -0.39 is 15.7 Å². The largest absolute Gasteiger partial charge is 0.337 e. The van der Waals surface area contributed by atoms with E-state index in [1.165, 1.54) is 29.5 Å². The van der Waals surface area contributed by atoms with Crippen molar-refractivity contribution < 1.29 is 17.6 Å². The van der Waals surface area contributed by atoms with E-state index in [9.17, 15) is 17.6 Å². The Balaban J connectivity index is 1.56. The summed E-state index contributed by atoms with van der Waals surface area (Å²) in [6.45, 7) is 2.67.